The zero-order chi connectivity index (χ0) is 37.5. The van der Waals surface area contributed by atoms with Gasteiger partial charge in [-0.05, 0) is 53.6 Å². The minimum absolute atomic E-state index is 0.653. The fourth-order valence-corrected chi connectivity index (χ4v) is 9.66. The first-order chi connectivity index (χ1) is 28.2. The van der Waals surface area contributed by atoms with E-state index in [-0.39, 0.29) is 0 Å². The molecular formula is C51H30N4OS. The van der Waals surface area contributed by atoms with Gasteiger partial charge in [-0.1, -0.05) is 140 Å². The molecule has 0 aliphatic carbocycles. The lowest BCUT2D eigenvalue weighted by Crippen LogP contribution is -1.99. The highest BCUT2D eigenvalue weighted by molar-refractivity contribution is 7.25. The standard InChI is InChI=1S/C51H30N4OS/c1-3-13-31(14-4-1)49-52-50(32-15-5-2-6-16-32)54-51(53-49)34-26-28-39-38-27-25-33(29-45(38)57-46(39)30-34)35-19-11-23-43-47(35)48-42(22-12-24-44(48)56-43)55-40-20-9-7-17-36(40)37-18-8-10-21-41(37)55/h1-30H. The van der Waals surface area contributed by atoms with Crippen LogP contribution in [0, 0.1) is 0 Å². The van der Waals surface area contributed by atoms with Crippen LogP contribution < -0.4 is 0 Å². The zero-order valence-electron chi connectivity index (χ0n) is 30.4. The molecule has 0 unspecified atom stereocenters. The van der Waals surface area contributed by atoms with Gasteiger partial charge in [0.2, 0.25) is 0 Å². The van der Waals surface area contributed by atoms with Crippen molar-refractivity contribution in [1.29, 1.82) is 0 Å². The second-order valence-corrected chi connectivity index (χ2v) is 15.4. The molecule has 4 heterocycles. The van der Waals surface area contributed by atoms with Crippen molar-refractivity contribution in [3.05, 3.63) is 182 Å². The molecule has 0 amide bonds. The molecule has 0 fully saturated rings. The van der Waals surface area contributed by atoms with Crippen molar-refractivity contribution in [2.24, 2.45) is 0 Å². The van der Waals surface area contributed by atoms with Crippen LogP contribution in [0.4, 0.5) is 0 Å². The first kappa shape index (κ1) is 31.9. The molecule has 12 aromatic rings. The molecule has 57 heavy (non-hydrogen) atoms. The molecule has 6 heteroatoms. The number of nitrogens with zero attached hydrogens (tertiary/aromatic N) is 4. The minimum Gasteiger partial charge on any atom is -0.456 e. The van der Waals surface area contributed by atoms with E-state index in [0.29, 0.717) is 17.5 Å². The number of rotatable bonds is 5. The number of thiophene rings is 1. The van der Waals surface area contributed by atoms with E-state index in [2.05, 4.69) is 126 Å². The SMILES string of the molecule is c1ccc(-c2nc(-c3ccccc3)nc(-c3ccc4c(c3)sc3cc(-c5cccc6oc7cccc(-n8c9ccccc9c9ccccc98)c7c56)ccc34)n2)cc1. The predicted molar refractivity (Wildman–Crippen MR) is 236 cm³/mol. The number of aromatic nitrogens is 4. The quantitative estimate of drug-likeness (QED) is 0.176. The van der Waals surface area contributed by atoms with Crippen LogP contribution in [-0.4, -0.2) is 19.5 Å². The van der Waals surface area contributed by atoms with Crippen molar-refractivity contribution in [3.8, 4) is 51.0 Å². The second-order valence-electron chi connectivity index (χ2n) is 14.4. The Kier molecular flexibility index (Phi) is 7.03. The van der Waals surface area contributed by atoms with Crippen LogP contribution >= 0.6 is 11.3 Å². The van der Waals surface area contributed by atoms with Gasteiger partial charge in [0.1, 0.15) is 11.2 Å². The molecule has 5 nitrogen and oxygen atoms in total. The number of para-hydroxylation sites is 2. The van der Waals surface area contributed by atoms with Crippen LogP contribution in [-0.2, 0) is 0 Å². The molecule has 266 valence electrons. The summed E-state index contributed by atoms with van der Waals surface area (Å²) in [6, 6.07) is 63.8. The van der Waals surface area contributed by atoms with Crippen LogP contribution in [0.5, 0.6) is 0 Å². The second kappa shape index (κ2) is 12.6. The molecule has 0 bridgehead atoms. The summed E-state index contributed by atoms with van der Waals surface area (Å²) in [6.07, 6.45) is 0. The van der Waals surface area contributed by atoms with Gasteiger partial charge in [0, 0.05) is 53.0 Å². The number of benzene rings is 8. The van der Waals surface area contributed by atoms with Crippen molar-refractivity contribution in [3.63, 3.8) is 0 Å². The first-order valence-corrected chi connectivity index (χ1v) is 19.8. The lowest BCUT2D eigenvalue weighted by atomic mass is 9.97. The highest BCUT2D eigenvalue weighted by atomic mass is 32.1. The molecule has 0 radical (unpaired) electrons. The Labute approximate surface area is 330 Å². The van der Waals surface area contributed by atoms with Crippen LogP contribution in [0.25, 0.3) is 115 Å². The van der Waals surface area contributed by atoms with Gasteiger partial charge >= 0.3 is 0 Å². The van der Waals surface area contributed by atoms with Crippen molar-refractivity contribution in [2.45, 2.75) is 0 Å². The summed E-state index contributed by atoms with van der Waals surface area (Å²) in [5.41, 5.74) is 10.4. The Hall–Kier alpha value is -7.41. The van der Waals surface area contributed by atoms with E-state index < -0.39 is 0 Å². The Bertz CT molecular complexity index is 3420. The lowest BCUT2D eigenvalue weighted by molar-refractivity contribution is 0.669. The van der Waals surface area contributed by atoms with Gasteiger partial charge in [-0.25, -0.2) is 15.0 Å². The third kappa shape index (κ3) is 5.04. The lowest BCUT2D eigenvalue weighted by Gasteiger charge is -2.11. The largest absolute Gasteiger partial charge is 0.456 e. The van der Waals surface area contributed by atoms with Crippen LogP contribution in [0.3, 0.4) is 0 Å². The van der Waals surface area contributed by atoms with Crippen LogP contribution in [0.15, 0.2) is 186 Å². The molecule has 0 aliphatic heterocycles. The maximum atomic E-state index is 6.61. The average Bonchev–Trinajstić information content (AvgIpc) is 3.96. The van der Waals surface area contributed by atoms with Crippen LogP contribution in [0.2, 0.25) is 0 Å². The van der Waals surface area contributed by atoms with E-state index in [4.69, 9.17) is 19.4 Å². The molecule has 0 N–H and O–H groups in total. The maximum Gasteiger partial charge on any atom is 0.164 e. The molecule has 12 rings (SSSR count). The highest BCUT2D eigenvalue weighted by Crippen LogP contribution is 2.44. The minimum atomic E-state index is 0.653. The number of hydrogen-bond donors (Lipinski definition) is 0. The summed E-state index contributed by atoms with van der Waals surface area (Å²) in [7, 11) is 0. The third-order valence-corrected chi connectivity index (χ3v) is 12.2. The Balaban J connectivity index is 1.01. The maximum absolute atomic E-state index is 6.61. The van der Waals surface area contributed by atoms with Gasteiger partial charge in [0.05, 0.1) is 22.1 Å². The smallest absolute Gasteiger partial charge is 0.164 e. The Morgan fingerprint density at radius 1 is 0.386 bits per heavy atom. The number of fused-ring (bicyclic) bond motifs is 9. The van der Waals surface area contributed by atoms with Gasteiger partial charge in [-0.15, -0.1) is 11.3 Å². The van der Waals surface area contributed by atoms with Gasteiger partial charge < -0.3 is 8.98 Å². The van der Waals surface area contributed by atoms with Gasteiger partial charge in [-0.2, -0.15) is 0 Å². The third-order valence-electron chi connectivity index (χ3n) is 11.1. The van der Waals surface area contributed by atoms with E-state index >= 15 is 0 Å². The molecule has 0 saturated heterocycles. The highest BCUT2D eigenvalue weighted by Gasteiger charge is 2.21. The average molecular weight is 747 g/mol. The molecular weight excluding hydrogens is 717 g/mol. The molecule has 0 atom stereocenters. The molecule has 4 aromatic heterocycles. The van der Waals surface area contributed by atoms with E-state index in [0.717, 1.165) is 55.4 Å². The number of hydrogen-bond acceptors (Lipinski definition) is 5. The van der Waals surface area contributed by atoms with Gasteiger partial charge in [-0.3, -0.25) is 0 Å². The fourth-order valence-electron chi connectivity index (χ4n) is 8.48. The molecule has 0 aliphatic rings. The van der Waals surface area contributed by atoms with Crippen LogP contribution in [0.1, 0.15) is 0 Å². The van der Waals surface area contributed by atoms with Crippen molar-refractivity contribution in [1.82, 2.24) is 19.5 Å². The van der Waals surface area contributed by atoms with E-state index in [9.17, 15) is 0 Å². The molecule has 0 spiro atoms. The molecule has 0 saturated carbocycles. The van der Waals surface area contributed by atoms with Gasteiger partial charge in [0.25, 0.3) is 0 Å². The summed E-state index contributed by atoms with van der Waals surface area (Å²) in [5.74, 6) is 1.96. The van der Waals surface area contributed by atoms with E-state index in [1.807, 2.05) is 60.7 Å². The zero-order valence-corrected chi connectivity index (χ0v) is 31.2. The topological polar surface area (TPSA) is 56.7 Å². The normalized spacial score (nSPS) is 11.9. The monoisotopic (exact) mass is 746 g/mol. The number of furan rings is 1. The Morgan fingerprint density at radius 2 is 0.895 bits per heavy atom. The summed E-state index contributed by atoms with van der Waals surface area (Å²) >= 11 is 1.80. The van der Waals surface area contributed by atoms with E-state index in [1.54, 1.807) is 11.3 Å². The molecule has 8 aromatic carbocycles. The van der Waals surface area contributed by atoms with Crippen molar-refractivity contribution in [2.75, 3.05) is 0 Å². The van der Waals surface area contributed by atoms with Crippen molar-refractivity contribution >= 4 is 75.3 Å². The first-order valence-electron chi connectivity index (χ1n) is 19.0. The van der Waals surface area contributed by atoms with E-state index in [1.165, 1.54) is 42.0 Å². The van der Waals surface area contributed by atoms with Crippen molar-refractivity contribution < 1.29 is 4.42 Å². The fraction of sp³-hybridized carbons (Fsp3) is 0. The summed E-state index contributed by atoms with van der Waals surface area (Å²) in [6.45, 7) is 0. The summed E-state index contributed by atoms with van der Waals surface area (Å²) < 4.78 is 11.4. The predicted octanol–water partition coefficient (Wildman–Crippen LogP) is 13.9. The summed E-state index contributed by atoms with van der Waals surface area (Å²) in [4.78, 5) is 14.9. The Morgan fingerprint density at radius 3 is 1.53 bits per heavy atom. The van der Waals surface area contributed by atoms with Gasteiger partial charge in [0.15, 0.2) is 17.5 Å². The summed E-state index contributed by atoms with van der Waals surface area (Å²) in [5, 5.41) is 7.14.